The van der Waals surface area contributed by atoms with Crippen molar-refractivity contribution in [2.24, 2.45) is 0 Å². The first kappa shape index (κ1) is 25.3. The van der Waals surface area contributed by atoms with E-state index in [2.05, 4.69) is 17.1 Å². The third-order valence-corrected chi connectivity index (χ3v) is 6.10. The van der Waals surface area contributed by atoms with E-state index in [4.69, 9.17) is 37.4 Å². The number of halogens is 2. The molecule has 0 unspecified atom stereocenters. The summed E-state index contributed by atoms with van der Waals surface area (Å²) >= 11 is 12.6. The summed E-state index contributed by atoms with van der Waals surface area (Å²) in [5.41, 5.74) is 3.03. The van der Waals surface area contributed by atoms with Gasteiger partial charge < -0.3 is 20.2 Å². The molecule has 0 N–H and O–H groups in total. The first-order valence-electron chi connectivity index (χ1n) is 10.6. The molecule has 0 bridgehead atoms. The second-order valence-corrected chi connectivity index (χ2v) is 8.71. The number of rotatable bonds is 7. The van der Waals surface area contributed by atoms with E-state index in [9.17, 15) is 0 Å². The predicted molar refractivity (Wildman–Crippen MR) is 130 cm³/mol. The van der Waals surface area contributed by atoms with Crippen molar-refractivity contribution in [3.05, 3.63) is 107 Å². The third kappa shape index (κ3) is 5.69. The molecule has 0 spiro atoms. The molecule has 1 saturated heterocycles. The van der Waals surface area contributed by atoms with Crippen LogP contribution in [0.5, 0.6) is 5.75 Å². The molecule has 3 aromatic carbocycles. The second kappa shape index (κ2) is 11.3. The van der Waals surface area contributed by atoms with Crippen molar-refractivity contribution in [1.29, 1.82) is 0 Å². The fourth-order valence-electron chi connectivity index (χ4n) is 3.94. The van der Waals surface area contributed by atoms with Gasteiger partial charge in [0.1, 0.15) is 18.5 Å². The van der Waals surface area contributed by atoms with Crippen LogP contribution in [0.4, 0.5) is 0 Å². The van der Waals surface area contributed by atoms with Crippen molar-refractivity contribution >= 4 is 23.2 Å². The van der Waals surface area contributed by atoms with E-state index >= 15 is 0 Å². The maximum Gasteiger partial charge on any atom is 1.00 e. The number of nitrogens with zero attached hydrogens (tertiary/aromatic N) is 2. The third-order valence-electron chi connectivity index (χ3n) is 5.55. The van der Waals surface area contributed by atoms with Gasteiger partial charge in [-0.2, -0.15) is 0 Å². The Morgan fingerprint density at radius 1 is 1.03 bits per heavy atom. The van der Waals surface area contributed by atoms with E-state index in [0.29, 0.717) is 29.8 Å². The number of benzene rings is 3. The van der Waals surface area contributed by atoms with Crippen molar-refractivity contribution in [1.82, 2.24) is 9.55 Å². The fourth-order valence-corrected chi connectivity index (χ4v) is 4.49. The van der Waals surface area contributed by atoms with Crippen molar-refractivity contribution in [2.45, 2.75) is 18.4 Å². The summed E-state index contributed by atoms with van der Waals surface area (Å²) in [6, 6.07) is 23.6. The van der Waals surface area contributed by atoms with Gasteiger partial charge in [0.15, 0.2) is 0 Å². The quantitative estimate of drug-likeness (QED) is 0.362. The van der Waals surface area contributed by atoms with Crippen LogP contribution in [0, 0.1) is 0 Å². The molecule has 2 heterocycles. The maximum absolute atomic E-state index is 6.52. The zero-order valence-electron chi connectivity index (χ0n) is 19.7. The molecule has 1 aromatic heterocycles. The van der Waals surface area contributed by atoms with Crippen LogP contribution >= 0.6 is 23.2 Å². The summed E-state index contributed by atoms with van der Waals surface area (Å²) < 4.78 is 20.6. The SMILES string of the molecule is Clc1ccc([C@@]2(Cn3ccnc3)OC[C@H](COc3ccc(-c4ccccc4)cc3)O2)c(Cl)c1.[H-].[Na+]. The summed E-state index contributed by atoms with van der Waals surface area (Å²) in [7, 11) is 0. The number of ether oxygens (including phenoxy) is 3. The standard InChI is InChI=1S/C26H22Cl2N2O3.Na.H/c27-21-8-11-24(25(28)14-21)26(17-30-13-12-29-18-30)32-16-23(33-26)15-31-22-9-6-20(7-10-22)19-4-2-1-3-5-19;;/h1-14,18,23H,15-17H2;;/q;+1;-1/t23-,26-;;/m0../s1. The second-order valence-electron chi connectivity index (χ2n) is 7.86. The van der Waals surface area contributed by atoms with E-state index in [1.807, 2.05) is 59.3 Å². The van der Waals surface area contributed by atoms with E-state index in [-0.39, 0.29) is 37.1 Å². The zero-order chi connectivity index (χ0) is 22.7. The van der Waals surface area contributed by atoms with Crippen LogP contribution in [0.3, 0.4) is 0 Å². The number of imidazole rings is 1. The Morgan fingerprint density at radius 3 is 2.50 bits per heavy atom. The number of hydrogen-bond acceptors (Lipinski definition) is 4. The first-order valence-corrected chi connectivity index (χ1v) is 11.4. The molecule has 0 amide bonds. The smallest absolute Gasteiger partial charge is 1.00 e. The van der Waals surface area contributed by atoms with Gasteiger partial charge in [0.2, 0.25) is 5.79 Å². The predicted octanol–water partition coefficient (Wildman–Crippen LogP) is 3.32. The molecule has 5 rings (SSSR count). The van der Waals surface area contributed by atoms with Gasteiger partial charge in [-0.05, 0) is 35.4 Å². The Balaban J connectivity index is 0.00000171. The number of hydrogen-bond donors (Lipinski definition) is 0. The Bertz CT molecular complexity index is 1210. The van der Waals surface area contributed by atoms with Gasteiger partial charge in [-0.25, -0.2) is 4.98 Å². The summed E-state index contributed by atoms with van der Waals surface area (Å²) in [5.74, 6) is -0.289. The Kier molecular flexibility index (Phi) is 8.38. The Labute approximate surface area is 232 Å². The van der Waals surface area contributed by atoms with Crippen molar-refractivity contribution < 1.29 is 45.2 Å². The maximum atomic E-state index is 6.52. The average molecular weight is 505 g/mol. The largest absolute Gasteiger partial charge is 1.00 e. The van der Waals surface area contributed by atoms with E-state index < -0.39 is 5.79 Å². The van der Waals surface area contributed by atoms with Crippen LogP contribution in [0.1, 0.15) is 6.99 Å². The minimum absolute atomic E-state index is 0. The van der Waals surface area contributed by atoms with Crippen molar-refractivity contribution in [3.63, 3.8) is 0 Å². The minimum atomic E-state index is -1.06. The molecule has 1 fully saturated rings. The summed E-state index contributed by atoms with van der Waals surface area (Å²) in [5, 5.41) is 1.04. The molecular weight excluding hydrogens is 482 g/mol. The molecule has 1 aliphatic rings. The van der Waals surface area contributed by atoms with E-state index in [1.165, 1.54) is 5.56 Å². The van der Waals surface area contributed by atoms with Gasteiger partial charge in [0.25, 0.3) is 0 Å². The molecular formula is C26H23Cl2N2NaO3. The van der Waals surface area contributed by atoms with Crippen LogP contribution in [-0.4, -0.2) is 28.9 Å². The molecule has 4 aromatic rings. The van der Waals surface area contributed by atoms with Gasteiger partial charge >= 0.3 is 29.6 Å². The van der Waals surface area contributed by atoms with Crippen molar-refractivity contribution in [3.8, 4) is 16.9 Å². The van der Waals surface area contributed by atoms with Crippen LogP contribution in [0.25, 0.3) is 11.1 Å². The fraction of sp³-hybridized carbons (Fsp3) is 0.192. The topological polar surface area (TPSA) is 45.5 Å². The van der Waals surface area contributed by atoms with Crippen LogP contribution < -0.4 is 34.3 Å². The minimum Gasteiger partial charge on any atom is -1.00 e. The van der Waals surface area contributed by atoms with E-state index in [1.54, 1.807) is 24.7 Å². The van der Waals surface area contributed by atoms with Gasteiger partial charge in [0.05, 0.1) is 24.5 Å². The monoisotopic (exact) mass is 504 g/mol. The molecule has 1 aliphatic heterocycles. The zero-order valence-corrected chi connectivity index (χ0v) is 22.2. The number of aromatic nitrogens is 2. The van der Waals surface area contributed by atoms with Crippen LogP contribution in [0.2, 0.25) is 10.0 Å². The van der Waals surface area contributed by atoms with E-state index in [0.717, 1.165) is 16.9 Å². The van der Waals surface area contributed by atoms with Crippen LogP contribution in [0.15, 0.2) is 91.5 Å². The average Bonchev–Trinajstić information content (AvgIpc) is 3.49. The van der Waals surface area contributed by atoms with Gasteiger partial charge in [0, 0.05) is 23.0 Å². The Morgan fingerprint density at radius 2 is 1.79 bits per heavy atom. The first-order chi connectivity index (χ1) is 16.1. The molecule has 0 saturated carbocycles. The summed E-state index contributed by atoms with van der Waals surface area (Å²) in [6.45, 7) is 1.12. The molecule has 8 heteroatoms. The van der Waals surface area contributed by atoms with Crippen LogP contribution in [-0.2, 0) is 21.8 Å². The molecule has 0 aliphatic carbocycles. The molecule has 0 radical (unpaired) electrons. The Hall–Kier alpha value is -1.83. The van der Waals surface area contributed by atoms with Gasteiger partial charge in [-0.1, -0.05) is 71.7 Å². The molecule has 2 atom stereocenters. The van der Waals surface area contributed by atoms with Gasteiger partial charge in [-0.3, -0.25) is 0 Å². The van der Waals surface area contributed by atoms with Gasteiger partial charge in [-0.15, -0.1) is 0 Å². The molecule has 34 heavy (non-hydrogen) atoms. The normalized spacial score (nSPS) is 19.5. The summed E-state index contributed by atoms with van der Waals surface area (Å²) in [6.07, 6.45) is 5.02. The summed E-state index contributed by atoms with van der Waals surface area (Å²) in [4.78, 5) is 4.12. The molecule has 5 nitrogen and oxygen atoms in total. The van der Waals surface area contributed by atoms with Crippen molar-refractivity contribution in [2.75, 3.05) is 13.2 Å². The molecule has 170 valence electrons.